The molecule has 1 atom stereocenters. The molecule has 0 aliphatic heterocycles. The van der Waals surface area contributed by atoms with Crippen molar-refractivity contribution in [3.05, 3.63) is 0 Å². The van der Waals surface area contributed by atoms with Crippen LogP contribution < -0.4 is 9.79 Å². The van der Waals surface area contributed by atoms with Crippen molar-refractivity contribution in [3.8, 4) is 0 Å². The number of aliphatic hydroxyl groups excluding tert-OH is 1. The molecular formula is C3H9BaO9P. The standard InChI is InChI=1S/C3H7O7P.Ba.2H2O/c4-2(3(5)6)1-10-11(7,8)9;;;/h2,4H,1H2,(H,5,6)(H2,7,8,9);;2*1H2/q;+2;;/p-2/t2-;;;/m1.../s1. The van der Waals surface area contributed by atoms with Gasteiger partial charge < -0.3 is 40.0 Å². The van der Waals surface area contributed by atoms with Gasteiger partial charge in [-0.2, -0.15) is 0 Å². The van der Waals surface area contributed by atoms with Crippen molar-refractivity contribution >= 4 is 62.7 Å². The fourth-order valence-electron chi connectivity index (χ4n) is 0.233. The van der Waals surface area contributed by atoms with E-state index >= 15 is 0 Å². The summed E-state index contributed by atoms with van der Waals surface area (Å²) in [5, 5.41) is 16.3. The van der Waals surface area contributed by atoms with Crippen LogP contribution in [0, 0.1) is 0 Å². The summed E-state index contributed by atoms with van der Waals surface area (Å²) in [7, 11) is -5.18. The first-order chi connectivity index (χ1) is 4.83. The van der Waals surface area contributed by atoms with Gasteiger partial charge in [-0.05, 0) is 0 Å². The molecule has 0 aromatic heterocycles. The van der Waals surface area contributed by atoms with Gasteiger partial charge in [0.25, 0.3) is 0 Å². The summed E-state index contributed by atoms with van der Waals surface area (Å²) in [6.07, 6.45) is -1.99. The van der Waals surface area contributed by atoms with E-state index in [9.17, 15) is 19.1 Å². The molecule has 0 aliphatic rings. The second kappa shape index (κ2) is 10.5. The van der Waals surface area contributed by atoms with Crippen molar-refractivity contribution < 1.29 is 44.8 Å². The molecule has 82 valence electrons. The molecule has 14 heavy (non-hydrogen) atoms. The first-order valence-corrected chi connectivity index (χ1v) is 3.86. The van der Waals surface area contributed by atoms with Crippen LogP contribution >= 0.6 is 7.82 Å². The van der Waals surface area contributed by atoms with E-state index in [-0.39, 0.29) is 59.8 Å². The molecule has 0 amide bonds. The maximum atomic E-state index is 9.79. The second-order valence-electron chi connectivity index (χ2n) is 1.60. The summed E-state index contributed by atoms with van der Waals surface area (Å²) in [6.45, 7) is -1.06. The molecule has 0 saturated carbocycles. The minimum atomic E-state index is -5.18. The molecule has 0 heterocycles. The van der Waals surface area contributed by atoms with E-state index in [1.807, 2.05) is 0 Å². The smallest absolute Gasteiger partial charge is 0.790 e. The first kappa shape index (κ1) is 24.3. The van der Waals surface area contributed by atoms with Gasteiger partial charge in [-0.15, -0.1) is 0 Å². The SMILES string of the molecule is O.O.O=C(O)[C@H](O)COP(=O)([O-])[O-].[Ba+2]. The number of carboxylic acid groups (broad SMARTS) is 1. The van der Waals surface area contributed by atoms with Gasteiger partial charge in [0.2, 0.25) is 0 Å². The molecule has 0 bridgehead atoms. The predicted octanol–water partition coefficient (Wildman–Crippen LogP) is -4.75. The van der Waals surface area contributed by atoms with Gasteiger partial charge in [0.15, 0.2) is 6.10 Å². The van der Waals surface area contributed by atoms with Gasteiger partial charge in [0.1, 0.15) is 0 Å². The van der Waals surface area contributed by atoms with E-state index in [1.165, 1.54) is 0 Å². The fraction of sp³-hybridized carbons (Fsp3) is 0.667. The van der Waals surface area contributed by atoms with Crippen LogP contribution in [0.25, 0.3) is 0 Å². The molecule has 0 radical (unpaired) electrons. The van der Waals surface area contributed by atoms with Crippen LogP contribution in [-0.4, -0.2) is 88.7 Å². The number of hydrogen-bond acceptors (Lipinski definition) is 6. The molecule has 6 N–H and O–H groups in total. The number of phosphoric acid groups is 1. The molecule has 0 rings (SSSR count). The summed E-state index contributed by atoms with van der Waals surface area (Å²) in [6, 6.07) is 0. The quantitative estimate of drug-likeness (QED) is 0.372. The Kier molecular flexibility index (Phi) is 18.3. The molecular weight excluding hydrogens is 348 g/mol. The Morgan fingerprint density at radius 1 is 1.43 bits per heavy atom. The van der Waals surface area contributed by atoms with E-state index in [4.69, 9.17) is 10.2 Å². The first-order valence-electron chi connectivity index (χ1n) is 2.40. The van der Waals surface area contributed by atoms with Gasteiger partial charge in [-0.3, -0.25) is 0 Å². The topological polar surface area (TPSA) is 193 Å². The zero-order valence-electron chi connectivity index (χ0n) is 6.87. The van der Waals surface area contributed by atoms with Crippen LogP contribution in [0.5, 0.6) is 0 Å². The zero-order chi connectivity index (χ0) is 9.07. The van der Waals surface area contributed by atoms with Gasteiger partial charge >= 0.3 is 54.9 Å². The number of phosphoric ester groups is 1. The van der Waals surface area contributed by atoms with E-state index in [0.29, 0.717) is 0 Å². The maximum Gasteiger partial charge on any atom is 2.00 e. The minimum absolute atomic E-state index is 0. The normalized spacial score (nSPS) is 11.4. The van der Waals surface area contributed by atoms with Crippen molar-refractivity contribution in [1.82, 2.24) is 0 Å². The van der Waals surface area contributed by atoms with Crippen LogP contribution in [0.15, 0.2) is 0 Å². The molecule has 0 aliphatic carbocycles. The van der Waals surface area contributed by atoms with Gasteiger partial charge in [0.05, 0.1) is 14.4 Å². The fourth-order valence-corrected chi connectivity index (χ4v) is 0.557. The molecule has 9 nitrogen and oxygen atoms in total. The van der Waals surface area contributed by atoms with Crippen molar-refractivity contribution in [1.29, 1.82) is 0 Å². The van der Waals surface area contributed by atoms with Crippen LogP contribution in [0.4, 0.5) is 0 Å². The van der Waals surface area contributed by atoms with Crippen LogP contribution in [0.3, 0.4) is 0 Å². The largest absolute Gasteiger partial charge is 2.00 e. The van der Waals surface area contributed by atoms with Crippen molar-refractivity contribution in [3.63, 3.8) is 0 Å². The number of carbonyl (C=O) groups is 1. The second-order valence-corrected chi connectivity index (χ2v) is 2.75. The molecule has 0 fully saturated rings. The molecule has 0 aromatic carbocycles. The Bertz CT molecular complexity index is 188. The van der Waals surface area contributed by atoms with Crippen molar-refractivity contribution in [2.24, 2.45) is 0 Å². The van der Waals surface area contributed by atoms with Gasteiger partial charge in [-0.25, -0.2) is 4.79 Å². The summed E-state index contributed by atoms with van der Waals surface area (Å²) in [5.41, 5.74) is 0. The van der Waals surface area contributed by atoms with E-state index < -0.39 is 26.5 Å². The zero-order valence-corrected chi connectivity index (χ0v) is 12.2. The molecule has 0 aromatic rings. The number of aliphatic carboxylic acids is 1. The van der Waals surface area contributed by atoms with Gasteiger partial charge in [0, 0.05) is 0 Å². The van der Waals surface area contributed by atoms with Crippen LogP contribution in [0.2, 0.25) is 0 Å². The number of carboxylic acids is 1. The number of rotatable bonds is 4. The van der Waals surface area contributed by atoms with E-state index in [1.54, 1.807) is 0 Å². The Hall–Kier alpha value is 1.03. The molecule has 11 heteroatoms. The molecule has 0 saturated heterocycles. The summed E-state index contributed by atoms with van der Waals surface area (Å²) in [5.74, 6) is -1.65. The Morgan fingerprint density at radius 2 is 1.79 bits per heavy atom. The maximum absolute atomic E-state index is 9.79. The Morgan fingerprint density at radius 3 is 2.00 bits per heavy atom. The van der Waals surface area contributed by atoms with E-state index in [2.05, 4.69) is 4.52 Å². The minimum Gasteiger partial charge on any atom is -0.790 e. The monoisotopic (exact) mass is 358 g/mol. The third-order valence-electron chi connectivity index (χ3n) is 0.676. The third kappa shape index (κ3) is 15.5. The van der Waals surface area contributed by atoms with Crippen molar-refractivity contribution in [2.45, 2.75) is 6.10 Å². The summed E-state index contributed by atoms with van der Waals surface area (Å²) < 4.78 is 13.2. The van der Waals surface area contributed by atoms with Crippen molar-refractivity contribution in [2.75, 3.05) is 6.61 Å². The predicted molar refractivity (Wildman–Crippen MR) is 40.2 cm³/mol. The van der Waals surface area contributed by atoms with Crippen LogP contribution in [0.1, 0.15) is 0 Å². The summed E-state index contributed by atoms with van der Waals surface area (Å²) in [4.78, 5) is 29.2. The van der Waals surface area contributed by atoms with Gasteiger partial charge in [-0.1, -0.05) is 0 Å². The number of aliphatic hydroxyl groups is 1. The summed E-state index contributed by atoms with van der Waals surface area (Å²) >= 11 is 0. The Balaban J connectivity index is -0.000000167. The average molecular weight is 357 g/mol. The number of hydrogen-bond donors (Lipinski definition) is 2. The average Bonchev–Trinajstić information content (AvgIpc) is 1.80. The molecule has 0 unspecified atom stereocenters. The third-order valence-corrected chi connectivity index (χ3v) is 1.14. The van der Waals surface area contributed by atoms with E-state index in [0.717, 1.165) is 0 Å². The van der Waals surface area contributed by atoms with Crippen LogP contribution in [-0.2, 0) is 13.9 Å². The Labute approximate surface area is 119 Å². The molecule has 0 spiro atoms.